The van der Waals surface area contributed by atoms with Gasteiger partial charge in [0.05, 0.1) is 20.9 Å². The second kappa shape index (κ2) is 21.9. The Bertz CT molecular complexity index is 2880. The van der Waals surface area contributed by atoms with Crippen molar-refractivity contribution in [3.05, 3.63) is 194 Å². The number of hydrogen-bond donors (Lipinski definition) is 4. The molecule has 0 spiro atoms. The Morgan fingerprint density at radius 3 is 1.33 bits per heavy atom. The average molecular weight is 934 g/mol. The van der Waals surface area contributed by atoms with E-state index in [1.165, 1.54) is 18.2 Å². The molecule has 0 aliphatic rings. The number of hydrogen-bond acceptors (Lipinski definition) is 8. The zero-order valence-corrected chi connectivity index (χ0v) is 39.3. The van der Waals surface area contributed by atoms with E-state index in [1.54, 1.807) is 72.8 Å². The zero-order valence-electron chi connectivity index (χ0n) is 37.7. The van der Waals surface area contributed by atoms with Gasteiger partial charge in [-0.3, -0.25) is 19.6 Å². The largest absolute Gasteiger partial charge is 0.478 e. The second-order valence-corrected chi connectivity index (χ2v) is 20.0. The van der Waals surface area contributed by atoms with Gasteiger partial charge in [0.25, 0.3) is 25.7 Å². The molecule has 346 valence electrons. The molecule has 0 aliphatic carbocycles. The molecule has 0 radical (unpaired) electrons. The van der Waals surface area contributed by atoms with Gasteiger partial charge in [-0.05, 0) is 125 Å². The van der Waals surface area contributed by atoms with Gasteiger partial charge in [-0.1, -0.05) is 126 Å². The number of aryl methyl sites for hydroxylation is 4. The quantitative estimate of drug-likeness (QED) is 0.0473. The Morgan fingerprint density at radius 1 is 0.545 bits per heavy atom. The number of para-hydroxylation sites is 1. The summed E-state index contributed by atoms with van der Waals surface area (Å²) >= 11 is 0. The first kappa shape index (κ1) is 50.2. The first-order valence-corrected chi connectivity index (χ1v) is 24.4. The summed E-state index contributed by atoms with van der Waals surface area (Å²) in [5.41, 5.74) is 7.05. The van der Waals surface area contributed by atoms with Crippen molar-refractivity contribution < 1.29 is 41.6 Å². The van der Waals surface area contributed by atoms with Gasteiger partial charge in [0, 0.05) is 17.4 Å². The highest BCUT2D eigenvalue weighted by atomic mass is 32.2. The van der Waals surface area contributed by atoms with Crippen LogP contribution in [0.3, 0.4) is 0 Å². The van der Waals surface area contributed by atoms with Crippen LogP contribution < -0.4 is 9.44 Å². The predicted molar refractivity (Wildman–Crippen MR) is 258 cm³/mol. The molecule has 4 N–H and O–H groups in total. The fraction of sp³-hybridized carbons (Fsp3) is 0.255. The highest BCUT2D eigenvalue weighted by Crippen LogP contribution is 2.36. The number of carboxylic acids is 2. The van der Waals surface area contributed by atoms with E-state index in [0.29, 0.717) is 53.3 Å². The molecular weight excluding hydrogens is 879 g/mol. The Morgan fingerprint density at radius 2 is 0.939 bits per heavy atom. The number of carboxylic acid groups (broad SMARTS) is 2. The van der Waals surface area contributed by atoms with Crippen LogP contribution in [0, 0.1) is 10.1 Å². The molecule has 0 aromatic heterocycles. The third-order valence-corrected chi connectivity index (χ3v) is 13.9. The number of aromatic carboxylic acids is 2. The highest BCUT2D eigenvalue weighted by Gasteiger charge is 2.28. The van der Waals surface area contributed by atoms with Crippen molar-refractivity contribution in [1.29, 1.82) is 0 Å². The van der Waals surface area contributed by atoms with Crippen LogP contribution in [0.15, 0.2) is 143 Å². The number of benzene rings is 6. The van der Waals surface area contributed by atoms with Crippen molar-refractivity contribution in [2.24, 2.45) is 0 Å². The molecule has 13 nitrogen and oxygen atoms in total. The Labute approximate surface area is 386 Å². The number of nitro groups is 1. The Balaban J connectivity index is 0.000000251. The van der Waals surface area contributed by atoms with Crippen LogP contribution in [0.5, 0.6) is 0 Å². The normalized spacial score (nSPS) is 11.5. The first-order valence-electron chi connectivity index (χ1n) is 21.5. The van der Waals surface area contributed by atoms with Gasteiger partial charge in [0.2, 0.25) is 0 Å². The molecule has 0 aliphatic heterocycles. The molecule has 0 heterocycles. The number of nitrogens with zero attached hydrogens (tertiary/aromatic N) is 1. The SMILES string of the molecule is CC(C)c1cc(C(C)C)c(S(=O)(=O)Nc2ccc(CCc3ccccc3C(=O)O)cc2)c(C(C)C)c1.O=C(O)c1ccccc1CCc1ccc(NS(=O)(=O)c2ccccc2[N+](=O)[O-])cc1. The smallest absolute Gasteiger partial charge is 0.335 e. The van der Waals surface area contributed by atoms with Crippen LogP contribution in [-0.2, 0) is 45.7 Å². The fourth-order valence-corrected chi connectivity index (χ4v) is 10.4. The molecule has 0 atom stereocenters. The minimum Gasteiger partial charge on any atom is -0.478 e. The lowest BCUT2D eigenvalue weighted by Crippen LogP contribution is -2.19. The molecule has 0 bridgehead atoms. The van der Waals surface area contributed by atoms with E-state index in [0.717, 1.165) is 39.4 Å². The lowest BCUT2D eigenvalue weighted by molar-refractivity contribution is -0.387. The van der Waals surface area contributed by atoms with Crippen LogP contribution in [0.2, 0.25) is 0 Å². The van der Waals surface area contributed by atoms with E-state index in [2.05, 4.69) is 23.3 Å². The summed E-state index contributed by atoms with van der Waals surface area (Å²) < 4.78 is 57.6. The van der Waals surface area contributed by atoms with E-state index in [4.69, 9.17) is 0 Å². The summed E-state index contributed by atoms with van der Waals surface area (Å²) in [4.78, 5) is 33.1. The van der Waals surface area contributed by atoms with Gasteiger partial charge < -0.3 is 10.2 Å². The monoisotopic (exact) mass is 933 g/mol. The highest BCUT2D eigenvalue weighted by molar-refractivity contribution is 7.93. The predicted octanol–water partition coefficient (Wildman–Crippen LogP) is 11.2. The van der Waals surface area contributed by atoms with Crippen molar-refractivity contribution in [3.63, 3.8) is 0 Å². The lowest BCUT2D eigenvalue weighted by atomic mass is 9.89. The topological polar surface area (TPSA) is 210 Å². The summed E-state index contributed by atoms with van der Waals surface area (Å²) in [5, 5.41) is 29.7. The summed E-state index contributed by atoms with van der Waals surface area (Å²) in [6, 6.07) is 36.8. The molecule has 0 fully saturated rings. The third-order valence-electron chi connectivity index (χ3n) is 11.0. The van der Waals surface area contributed by atoms with Crippen molar-refractivity contribution in [3.8, 4) is 0 Å². The number of sulfonamides is 2. The fourth-order valence-electron chi connectivity index (χ4n) is 7.38. The van der Waals surface area contributed by atoms with Crippen LogP contribution in [0.25, 0.3) is 0 Å². The first-order chi connectivity index (χ1) is 31.2. The second-order valence-electron chi connectivity index (χ2n) is 16.7. The van der Waals surface area contributed by atoms with E-state index in [1.807, 2.05) is 64.1 Å². The van der Waals surface area contributed by atoms with Gasteiger partial charge in [0.15, 0.2) is 4.90 Å². The molecule has 0 saturated carbocycles. The molecule has 6 aromatic rings. The summed E-state index contributed by atoms with van der Waals surface area (Å²) in [6.07, 6.45) is 2.33. The number of anilines is 2. The number of rotatable bonds is 18. The maximum absolute atomic E-state index is 13.7. The van der Waals surface area contributed by atoms with Crippen molar-refractivity contribution in [1.82, 2.24) is 0 Å². The van der Waals surface area contributed by atoms with Gasteiger partial charge in [-0.15, -0.1) is 0 Å². The van der Waals surface area contributed by atoms with E-state index in [9.17, 15) is 46.8 Å². The number of carbonyl (C=O) groups is 2. The lowest BCUT2D eigenvalue weighted by Gasteiger charge is -2.23. The van der Waals surface area contributed by atoms with Crippen LogP contribution in [0.4, 0.5) is 17.1 Å². The van der Waals surface area contributed by atoms with E-state index < -0.39 is 47.5 Å². The molecule has 0 unspecified atom stereocenters. The summed E-state index contributed by atoms with van der Waals surface area (Å²) in [5.74, 6) is -1.49. The maximum atomic E-state index is 13.7. The standard InChI is InChI=1S/C30H37NO4S.C21H18N2O6S/c1-19(2)24-17-27(20(3)4)29(28(18-24)21(5)6)36(34,35)31-25-15-12-22(13-16-25)11-14-23-9-7-8-10-26(23)30(32)33;24-21(25)18-6-2-1-5-16(18)12-9-15-10-13-17(14-11-15)22-30(28,29)20-8-4-3-7-19(20)23(26)27/h7-10,12-13,15-21,31H,11,14H2,1-6H3,(H,32,33);1-8,10-11,13-14,22H,9,12H2,(H,24,25). The maximum Gasteiger partial charge on any atom is 0.335 e. The van der Waals surface area contributed by atoms with Gasteiger partial charge in [-0.2, -0.15) is 0 Å². The molecule has 0 amide bonds. The summed E-state index contributed by atoms with van der Waals surface area (Å²) in [6.45, 7) is 12.4. The van der Waals surface area contributed by atoms with Crippen LogP contribution >= 0.6 is 0 Å². The zero-order chi connectivity index (χ0) is 48.3. The van der Waals surface area contributed by atoms with Gasteiger partial charge in [0.1, 0.15) is 0 Å². The number of nitrogens with one attached hydrogen (secondary N) is 2. The summed E-state index contributed by atoms with van der Waals surface area (Å²) in [7, 11) is -7.93. The van der Waals surface area contributed by atoms with Crippen LogP contribution in [-0.4, -0.2) is 43.9 Å². The van der Waals surface area contributed by atoms with E-state index >= 15 is 0 Å². The molecule has 66 heavy (non-hydrogen) atoms. The number of nitro benzene ring substituents is 1. The minimum atomic E-state index is -4.13. The van der Waals surface area contributed by atoms with Gasteiger partial charge >= 0.3 is 11.9 Å². The molecule has 15 heteroatoms. The minimum absolute atomic E-state index is 0.0591. The Kier molecular flexibility index (Phi) is 16.6. The molecular formula is C51H55N3O10S2. The van der Waals surface area contributed by atoms with Gasteiger partial charge in [-0.25, -0.2) is 26.4 Å². The molecule has 6 rings (SSSR count). The molecule has 6 aromatic carbocycles. The Hall–Kier alpha value is -6.84. The van der Waals surface area contributed by atoms with E-state index in [-0.39, 0.29) is 23.1 Å². The molecule has 0 saturated heterocycles. The third kappa shape index (κ3) is 12.9. The van der Waals surface area contributed by atoms with Crippen molar-refractivity contribution in [2.75, 3.05) is 9.44 Å². The average Bonchev–Trinajstić information content (AvgIpc) is 3.28. The van der Waals surface area contributed by atoms with Crippen molar-refractivity contribution >= 4 is 49.0 Å². The van der Waals surface area contributed by atoms with Crippen molar-refractivity contribution in [2.45, 2.75) is 94.8 Å². The van der Waals surface area contributed by atoms with Crippen LogP contribution in [0.1, 0.15) is 119 Å².